The predicted molar refractivity (Wildman–Crippen MR) is 95.2 cm³/mol. The molecule has 1 aromatic rings. The van der Waals surface area contributed by atoms with Crippen LogP contribution in [0.25, 0.3) is 0 Å². The molecule has 0 saturated heterocycles. The number of carbonyl (C=O) groups excluding carboxylic acids is 1. The van der Waals surface area contributed by atoms with Crippen molar-refractivity contribution in [1.29, 1.82) is 0 Å². The summed E-state index contributed by atoms with van der Waals surface area (Å²) in [6.07, 6.45) is 6.25. The van der Waals surface area contributed by atoms with Crippen molar-refractivity contribution >= 4 is 24.0 Å². The van der Waals surface area contributed by atoms with Gasteiger partial charge in [-0.25, -0.2) is 0 Å². The molecule has 3 nitrogen and oxygen atoms in total. The van der Waals surface area contributed by atoms with Crippen LogP contribution in [-0.2, 0) is 11.2 Å². The van der Waals surface area contributed by atoms with Crippen molar-refractivity contribution in [2.75, 3.05) is 12.3 Å². The molecule has 0 bridgehead atoms. The van der Waals surface area contributed by atoms with Gasteiger partial charge in [0, 0.05) is 18.7 Å². The topological polar surface area (TPSA) is 55.1 Å². The summed E-state index contributed by atoms with van der Waals surface area (Å²) in [5.74, 6) is 0.798. The Balaban J connectivity index is 0.00000242. The van der Waals surface area contributed by atoms with Crippen LogP contribution >= 0.6 is 12.4 Å². The van der Waals surface area contributed by atoms with Gasteiger partial charge in [-0.05, 0) is 55.1 Å². The molecule has 1 aliphatic carbocycles. The van der Waals surface area contributed by atoms with Gasteiger partial charge in [0.2, 0.25) is 5.91 Å². The van der Waals surface area contributed by atoms with Crippen LogP contribution < -0.4 is 11.1 Å². The largest absolute Gasteiger partial charge is 0.399 e. The highest BCUT2D eigenvalue weighted by atomic mass is 35.5. The Kier molecular flexibility index (Phi) is 7.21. The van der Waals surface area contributed by atoms with Gasteiger partial charge in [0.1, 0.15) is 0 Å². The lowest BCUT2D eigenvalue weighted by atomic mass is 9.73. The van der Waals surface area contributed by atoms with Gasteiger partial charge in [0.25, 0.3) is 0 Å². The Hall–Kier alpha value is -1.22. The van der Waals surface area contributed by atoms with E-state index >= 15 is 0 Å². The highest BCUT2D eigenvalue weighted by molar-refractivity contribution is 5.85. The number of aryl methyl sites for hydroxylation is 1. The van der Waals surface area contributed by atoms with Gasteiger partial charge in [-0.2, -0.15) is 0 Å². The summed E-state index contributed by atoms with van der Waals surface area (Å²) >= 11 is 0. The number of anilines is 1. The molecule has 0 unspecified atom stereocenters. The van der Waals surface area contributed by atoms with E-state index in [4.69, 9.17) is 5.73 Å². The van der Waals surface area contributed by atoms with Crippen LogP contribution in [-0.4, -0.2) is 12.5 Å². The molecule has 1 aliphatic rings. The number of hydrogen-bond acceptors (Lipinski definition) is 2. The monoisotopic (exact) mass is 324 g/mol. The second-order valence-electron chi connectivity index (χ2n) is 7.11. The molecule has 0 radical (unpaired) electrons. The van der Waals surface area contributed by atoms with Crippen molar-refractivity contribution in [1.82, 2.24) is 5.32 Å². The molecule has 0 aromatic heterocycles. The summed E-state index contributed by atoms with van der Waals surface area (Å²) in [5.41, 5.74) is 8.22. The number of benzene rings is 1. The minimum Gasteiger partial charge on any atom is -0.399 e. The van der Waals surface area contributed by atoms with Crippen LogP contribution in [0.15, 0.2) is 24.3 Å². The van der Waals surface area contributed by atoms with Crippen molar-refractivity contribution in [2.24, 2.45) is 11.3 Å². The first kappa shape index (κ1) is 18.8. The number of nitrogen functional groups attached to an aromatic ring is 1. The van der Waals surface area contributed by atoms with Crippen molar-refractivity contribution in [3.63, 3.8) is 0 Å². The summed E-state index contributed by atoms with van der Waals surface area (Å²) in [7, 11) is 0. The molecule has 1 amide bonds. The van der Waals surface area contributed by atoms with E-state index in [1.807, 2.05) is 24.3 Å². The molecule has 1 saturated carbocycles. The lowest BCUT2D eigenvalue weighted by Crippen LogP contribution is -2.32. The van der Waals surface area contributed by atoms with Crippen LogP contribution in [0.3, 0.4) is 0 Å². The average Bonchev–Trinajstić information content (AvgIpc) is 2.45. The first-order valence-electron chi connectivity index (χ1n) is 8.06. The first-order valence-corrected chi connectivity index (χ1v) is 8.06. The molecule has 3 N–H and O–H groups in total. The van der Waals surface area contributed by atoms with Gasteiger partial charge in [0.15, 0.2) is 0 Å². The van der Waals surface area contributed by atoms with Gasteiger partial charge in [-0.15, -0.1) is 12.4 Å². The summed E-state index contributed by atoms with van der Waals surface area (Å²) in [6, 6.07) is 7.76. The van der Waals surface area contributed by atoms with E-state index in [0.29, 0.717) is 17.8 Å². The SMILES string of the molecule is CC1(C)CCC(CNC(=O)CCc2ccccc2N)CC1.Cl. The second-order valence-corrected chi connectivity index (χ2v) is 7.11. The van der Waals surface area contributed by atoms with Crippen molar-refractivity contribution in [3.05, 3.63) is 29.8 Å². The minimum absolute atomic E-state index is 0. The normalized spacial score (nSPS) is 17.5. The molecule has 0 atom stereocenters. The van der Waals surface area contributed by atoms with E-state index in [9.17, 15) is 4.79 Å². The Morgan fingerprint density at radius 1 is 1.27 bits per heavy atom. The Labute approximate surface area is 140 Å². The van der Waals surface area contributed by atoms with Crippen molar-refractivity contribution < 1.29 is 4.79 Å². The Morgan fingerprint density at radius 3 is 2.55 bits per heavy atom. The maximum Gasteiger partial charge on any atom is 0.220 e. The summed E-state index contributed by atoms with van der Waals surface area (Å²) in [5, 5.41) is 3.09. The fourth-order valence-corrected chi connectivity index (χ4v) is 3.02. The fraction of sp³-hybridized carbons (Fsp3) is 0.611. The smallest absolute Gasteiger partial charge is 0.220 e. The maximum absolute atomic E-state index is 11.9. The van der Waals surface area contributed by atoms with E-state index in [-0.39, 0.29) is 18.3 Å². The second kappa shape index (κ2) is 8.42. The molecule has 0 aliphatic heterocycles. The highest BCUT2D eigenvalue weighted by Gasteiger charge is 2.26. The highest BCUT2D eigenvalue weighted by Crippen LogP contribution is 2.37. The van der Waals surface area contributed by atoms with Gasteiger partial charge in [0.05, 0.1) is 0 Å². The third-order valence-corrected chi connectivity index (χ3v) is 4.72. The Morgan fingerprint density at radius 2 is 1.91 bits per heavy atom. The Bertz CT molecular complexity index is 478. The first-order chi connectivity index (χ1) is 9.96. The van der Waals surface area contributed by atoms with Gasteiger partial charge in [-0.1, -0.05) is 32.0 Å². The zero-order valence-electron chi connectivity index (χ0n) is 13.7. The van der Waals surface area contributed by atoms with E-state index < -0.39 is 0 Å². The van der Waals surface area contributed by atoms with Crippen molar-refractivity contribution in [3.8, 4) is 0 Å². The molecule has 0 spiro atoms. The van der Waals surface area contributed by atoms with Crippen LogP contribution in [0.4, 0.5) is 5.69 Å². The van der Waals surface area contributed by atoms with E-state index in [1.54, 1.807) is 0 Å². The third kappa shape index (κ3) is 5.88. The molecule has 22 heavy (non-hydrogen) atoms. The summed E-state index contributed by atoms with van der Waals surface area (Å²) < 4.78 is 0. The van der Waals surface area contributed by atoms with E-state index in [2.05, 4.69) is 19.2 Å². The molecule has 2 rings (SSSR count). The fourth-order valence-electron chi connectivity index (χ4n) is 3.02. The van der Waals surface area contributed by atoms with E-state index in [1.165, 1.54) is 25.7 Å². The van der Waals surface area contributed by atoms with Crippen LogP contribution in [0.1, 0.15) is 51.5 Å². The number of carbonyl (C=O) groups is 1. The molecule has 4 heteroatoms. The average molecular weight is 325 g/mol. The number of para-hydroxylation sites is 1. The third-order valence-electron chi connectivity index (χ3n) is 4.72. The quantitative estimate of drug-likeness (QED) is 0.806. The predicted octanol–water partition coefficient (Wildman–Crippen LogP) is 3.96. The summed E-state index contributed by atoms with van der Waals surface area (Å²) in [4.78, 5) is 11.9. The van der Waals surface area contributed by atoms with Crippen LogP contribution in [0, 0.1) is 11.3 Å². The molecule has 0 heterocycles. The standard InChI is InChI=1S/C18H28N2O.ClH/c1-18(2)11-9-14(10-12-18)13-20-17(21)8-7-15-5-3-4-6-16(15)19;/h3-6,14H,7-13,19H2,1-2H3,(H,20,21);1H. The number of nitrogens with one attached hydrogen (secondary N) is 1. The number of halogens is 1. The molecule has 1 aromatic carbocycles. The summed E-state index contributed by atoms with van der Waals surface area (Å²) in [6.45, 7) is 5.51. The minimum atomic E-state index is 0. The molecular formula is C18H29ClN2O. The lowest BCUT2D eigenvalue weighted by molar-refractivity contribution is -0.121. The van der Waals surface area contributed by atoms with Crippen LogP contribution in [0.2, 0.25) is 0 Å². The van der Waals surface area contributed by atoms with Gasteiger partial charge in [-0.3, -0.25) is 4.79 Å². The van der Waals surface area contributed by atoms with Crippen molar-refractivity contribution in [2.45, 2.75) is 52.4 Å². The molecule has 124 valence electrons. The lowest BCUT2D eigenvalue weighted by Gasteiger charge is -2.34. The molecule has 1 fully saturated rings. The number of rotatable bonds is 5. The molecular weight excluding hydrogens is 296 g/mol. The van der Waals surface area contributed by atoms with Gasteiger partial charge >= 0.3 is 0 Å². The zero-order chi connectivity index (χ0) is 15.3. The number of amides is 1. The van der Waals surface area contributed by atoms with Crippen LogP contribution in [0.5, 0.6) is 0 Å². The number of hydrogen-bond donors (Lipinski definition) is 2. The van der Waals surface area contributed by atoms with Gasteiger partial charge < -0.3 is 11.1 Å². The zero-order valence-corrected chi connectivity index (χ0v) is 14.5. The maximum atomic E-state index is 11.9. The van der Waals surface area contributed by atoms with E-state index in [0.717, 1.165) is 24.2 Å². The number of nitrogens with two attached hydrogens (primary N) is 1.